The van der Waals surface area contributed by atoms with Crippen molar-refractivity contribution < 1.29 is 67.3 Å². The Morgan fingerprint density at radius 3 is 2.47 bits per heavy atom. The van der Waals surface area contributed by atoms with Crippen LogP contribution in [0.1, 0.15) is 39.5 Å². The van der Waals surface area contributed by atoms with Crippen LogP contribution < -0.4 is 50.8 Å². The number of hydrogen-bond donors (Lipinski definition) is 3. The molecule has 0 amide bonds. The van der Waals surface area contributed by atoms with E-state index in [1.54, 1.807) is 24.3 Å². The van der Waals surface area contributed by atoms with Crippen molar-refractivity contribution in [2.75, 3.05) is 19.5 Å². The number of aromatic amines is 1. The molecular formula is C26H36N6NaO9P. The molecule has 3 aromatic rings. The third kappa shape index (κ3) is 8.94. The minimum atomic E-state index is -4.82. The van der Waals surface area contributed by atoms with Crippen molar-refractivity contribution in [1.82, 2.24) is 24.6 Å². The molecule has 43 heavy (non-hydrogen) atoms. The second-order valence-corrected chi connectivity index (χ2v) is 11.8. The van der Waals surface area contributed by atoms with E-state index in [0.29, 0.717) is 0 Å². The van der Waals surface area contributed by atoms with Gasteiger partial charge in [0.1, 0.15) is 24.4 Å². The molecule has 0 saturated carbocycles. The summed E-state index contributed by atoms with van der Waals surface area (Å²) in [6.45, 7) is 6.82. The second kappa shape index (κ2) is 15.2. The quantitative estimate of drug-likeness (QED) is 0.107. The standard InChI is InChI=1S/C26H37N6O9P.Na/c1-14(2)39-20-18(12-38-42(35,36)31-17(25(34)37-5)11-16-9-7-6-8-10-16)41-24(21(20)40-15(3)4)32-13-28-19-22(32)29-26(27)30-23(19)33;/h6-10,13-15,17-18,20-21,24H,11-12H2,1-5H3,(H2,31,35,36)(H3,27,29,30,33);/q;+1/p-1/t17?,18-,20-,21-,24-;/m1./s1. The van der Waals surface area contributed by atoms with Crippen molar-refractivity contribution in [3.8, 4) is 0 Å². The van der Waals surface area contributed by atoms with Crippen LogP contribution in [0.3, 0.4) is 0 Å². The van der Waals surface area contributed by atoms with Gasteiger partial charge in [0.2, 0.25) is 13.7 Å². The zero-order chi connectivity index (χ0) is 30.6. The molecule has 15 nitrogen and oxygen atoms in total. The number of nitrogens with zero attached hydrogens (tertiary/aromatic N) is 3. The van der Waals surface area contributed by atoms with E-state index in [4.69, 9.17) is 29.2 Å². The Labute approximate surface area is 270 Å². The number of esters is 1. The van der Waals surface area contributed by atoms with E-state index < -0.39 is 56.5 Å². The third-order valence-corrected chi connectivity index (χ3v) is 7.48. The van der Waals surface area contributed by atoms with Crippen molar-refractivity contribution in [1.29, 1.82) is 0 Å². The van der Waals surface area contributed by atoms with Gasteiger partial charge >= 0.3 is 35.5 Å². The molecule has 1 saturated heterocycles. The summed E-state index contributed by atoms with van der Waals surface area (Å²) < 4.78 is 43.3. The zero-order valence-electron chi connectivity index (χ0n) is 25.0. The predicted molar refractivity (Wildman–Crippen MR) is 149 cm³/mol. The molecule has 1 aliphatic heterocycles. The van der Waals surface area contributed by atoms with Crippen LogP contribution in [-0.2, 0) is 39.3 Å². The summed E-state index contributed by atoms with van der Waals surface area (Å²) in [6, 6.07) is 7.67. The van der Waals surface area contributed by atoms with Gasteiger partial charge in [-0.15, -0.1) is 0 Å². The number of rotatable bonds is 13. The molecular weight excluding hydrogens is 594 g/mol. The van der Waals surface area contributed by atoms with Gasteiger partial charge in [-0.05, 0) is 39.7 Å². The Morgan fingerprint density at radius 1 is 1.19 bits per heavy atom. The number of ether oxygens (including phenoxy) is 4. The van der Waals surface area contributed by atoms with Gasteiger partial charge < -0.3 is 34.1 Å². The van der Waals surface area contributed by atoms with Crippen molar-refractivity contribution in [2.45, 2.75) is 76.9 Å². The van der Waals surface area contributed by atoms with Gasteiger partial charge in [0, 0.05) is 0 Å². The van der Waals surface area contributed by atoms with Crippen LogP contribution in [0.4, 0.5) is 5.95 Å². The van der Waals surface area contributed by atoms with Crippen LogP contribution in [0.25, 0.3) is 11.2 Å². The molecule has 1 aliphatic rings. The fourth-order valence-electron chi connectivity index (χ4n) is 4.71. The Morgan fingerprint density at radius 2 is 1.84 bits per heavy atom. The molecule has 17 heteroatoms. The fraction of sp³-hybridized carbons (Fsp3) is 0.538. The number of carbonyl (C=O) groups is 1. The molecule has 2 unspecified atom stereocenters. The number of anilines is 1. The number of hydrogen-bond acceptors (Lipinski definition) is 12. The third-order valence-electron chi connectivity index (χ3n) is 6.36. The number of aromatic nitrogens is 4. The first-order chi connectivity index (χ1) is 19.9. The Balaban J connectivity index is 0.00000506. The van der Waals surface area contributed by atoms with Crippen LogP contribution in [0, 0.1) is 0 Å². The van der Waals surface area contributed by atoms with Crippen LogP contribution in [0.5, 0.6) is 0 Å². The molecule has 1 fully saturated rings. The van der Waals surface area contributed by atoms with Crippen molar-refractivity contribution in [2.24, 2.45) is 0 Å². The van der Waals surface area contributed by atoms with Gasteiger partial charge in [0.25, 0.3) is 5.56 Å². The van der Waals surface area contributed by atoms with Crippen molar-refractivity contribution in [3.63, 3.8) is 0 Å². The molecule has 0 radical (unpaired) electrons. The number of nitrogens with one attached hydrogen (secondary N) is 2. The van der Waals surface area contributed by atoms with Gasteiger partial charge in [-0.25, -0.2) is 10.1 Å². The number of fused-ring (bicyclic) bond motifs is 1. The molecule has 0 aliphatic carbocycles. The van der Waals surface area contributed by atoms with Crippen LogP contribution in [0.2, 0.25) is 0 Å². The van der Waals surface area contributed by atoms with E-state index >= 15 is 0 Å². The summed E-state index contributed by atoms with van der Waals surface area (Å²) in [7, 11) is -3.65. The van der Waals surface area contributed by atoms with E-state index in [-0.39, 0.29) is 65.3 Å². The largest absolute Gasteiger partial charge is 1.00 e. The second-order valence-electron chi connectivity index (χ2n) is 10.3. The van der Waals surface area contributed by atoms with Gasteiger partial charge in [-0.1, -0.05) is 30.3 Å². The number of H-pyrrole nitrogens is 1. The molecule has 230 valence electrons. The number of benzene rings is 1. The smallest absolute Gasteiger partial charge is 0.766 e. The SMILES string of the molecule is COC(=O)C(Cc1ccccc1)NP(=O)([O-])OC[C@H]1O[C@@H](n2cnc3c(=O)[nH]c(N)nc32)[C@H](OC(C)C)[C@@H]1OC(C)C.[Na+]. The Kier molecular flexibility index (Phi) is 12.5. The van der Waals surface area contributed by atoms with Crippen molar-refractivity contribution >= 4 is 30.8 Å². The topological polar surface area (TPSA) is 205 Å². The minimum absolute atomic E-state index is 0. The summed E-state index contributed by atoms with van der Waals surface area (Å²) in [5, 5.41) is 2.29. The number of carbonyl (C=O) groups excluding carboxylic acids is 1. The van der Waals surface area contributed by atoms with Crippen LogP contribution in [-0.4, -0.2) is 75.8 Å². The molecule has 0 spiro atoms. The first-order valence-corrected chi connectivity index (χ1v) is 15.0. The van der Waals surface area contributed by atoms with Gasteiger partial charge in [-0.2, -0.15) is 4.98 Å². The molecule has 3 heterocycles. The predicted octanol–water partition coefficient (Wildman–Crippen LogP) is -1.95. The summed E-state index contributed by atoms with van der Waals surface area (Å²) in [5.74, 6) is -0.881. The average molecular weight is 631 g/mol. The Hall–Kier alpha value is -2.17. The normalized spacial score (nSPS) is 22.4. The van der Waals surface area contributed by atoms with Gasteiger partial charge in [0.05, 0.1) is 32.3 Å². The van der Waals surface area contributed by atoms with E-state index in [0.717, 1.165) is 5.56 Å². The fourth-order valence-corrected chi connectivity index (χ4v) is 5.70. The summed E-state index contributed by atoms with van der Waals surface area (Å²) in [6.07, 6.45) is -2.60. The monoisotopic (exact) mass is 630 g/mol. The number of nitrogen functional groups attached to an aromatic ring is 1. The number of imidazole rings is 1. The van der Waals surface area contributed by atoms with E-state index in [2.05, 4.69) is 20.0 Å². The zero-order valence-corrected chi connectivity index (χ0v) is 27.9. The maximum absolute atomic E-state index is 13.0. The number of methoxy groups -OCH3 is 1. The van der Waals surface area contributed by atoms with Crippen molar-refractivity contribution in [3.05, 3.63) is 52.6 Å². The van der Waals surface area contributed by atoms with Crippen LogP contribution in [0.15, 0.2) is 41.5 Å². The average Bonchev–Trinajstić information content (AvgIpc) is 3.48. The molecule has 2 aromatic heterocycles. The summed E-state index contributed by atoms with van der Waals surface area (Å²) in [4.78, 5) is 48.6. The maximum atomic E-state index is 13.0. The molecule has 6 atom stereocenters. The Bertz CT molecular complexity index is 1470. The number of nitrogens with two attached hydrogens (primary N) is 1. The first-order valence-electron chi connectivity index (χ1n) is 13.4. The first kappa shape index (κ1) is 35.3. The van der Waals surface area contributed by atoms with E-state index in [1.807, 2.05) is 33.8 Å². The minimum Gasteiger partial charge on any atom is -0.766 e. The van der Waals surface area contributed by atoms with Gasteiger partial charge in [0.15, 0.2) is 17.4 Å². The maximum Gasteiger partial charge on any atom is 1.00 e. The summed E-state index contributed by atoms with van der Waals surface area (Å²) >= 11 is 0. The summed E-state index contributed by atoms with van der Waals surface area (Å²) in [5.41, 5.74) is 6.16. The molecule has 4 rings (SSSR count). The molecule has 1 aromatic carbocycles. The van der Waals surface area contributed by atoms with Crippen LogP contribution >= 0.6 is 7.75 Å². The van der Waals surface area contributed by atoms with E-state index in [9.17, 15) is 19.0 Å². The molecule has 0 bridgehead atoms. The molecule has 4 N–H and O–H groups in total. The van der Waals surface area contributed by atoms with Gasteiger partial charge in [-0.3, -0.25) is 23.7 Å². The van der Waals surface area contributed by atoms with E-state index in [1.165, 1.54) is 18.0 Å².